The summed E-state index contributed by atoms with van der Waals surface area (Å²) in [6.45, 7) is 4.11. The van der Waals surface area contributed by atoms with Crippen molar-refractivity contribution in [3.05, 3.63) is 29.8 Å². The Kier molecular flexibility index (Phi) is 5.54. The molecule has 5 nitrogen and oxygen atoms in total. The van der Waals surface area contributed by atoms with E-state index in [0.29, 0.717) is 24.1 Å². The van der Waals surface area contributed by atoms with E-state index in [1.165, 1.54) is 0 Å². The average molecular weight is 271 g/mol. The molecule has 0 aliphatic carbocycles. The van der Waals surface area contributed by atoms with E-state index in [1.807, 2.05) is 0 Å². The van der Waals surface area contributed by atoms with Gasteiger partial charge >= 0.3 is 7.60 Å². The molecule has 100 valence electrons. The van der Waals surface area contributed by atoms with Gasteiger partial charge in [-0.3, -0.25) is 9.36 Å². The minimum atomic E-state index is -3.26. The molecule has 0 aromatic heterocycles. The van der Waals surface area contributed by atoms with E-state index in [2.05, 4.69) is 5.32 Å². The maximum absolute atomic E-state index is 12.4. The first-order valence-electron chi connectivity index (χ1n) is 5.79. The third kappa shape index (κ3) is 3.42. The Morgan fingerprint density at radius 1 is 1.17 bits per heavy atom. The molecule has 0 saturated carbocycles. The van der Waals surface area contributed by atoms with Gasteiger partial charge in [0.2, 0.25) is 0 Å². The van der Waals surface area contributed by atoms with Gasteiger partial charge in [0.1, 0.15) is 0 Å². The standard InChI is InChI=1S/C12H18NO4P/c1-4-16-18(15,17-5-2)11-8-6-10(7-9-11)12(14)13-3/h6-9H,4-5H2,1-3H3,(H,13,14). The van der Waals surface area contributed by atoms with Crippen molar-refractivity contribution in [2.75, 3.05) is 20.3 Å². The van der Waals surface area contributed by atoms with Crippen LogP contribution in [-0.2, 0) is 13.6 Å². The Hall–Kier alpha value is -1.16. The molecule has 1 N–H and O–H groups in total. The fourth-order valence-corrected chi connectivity index (χ4v) is 3.03. The summed E-state index contributed by atoms with van der Waals surface area (Å²) in [5, 5.41) is 2.98. The van der Waals surface area contributed by atoms with Gasteiger partial charge in [0.05, 0.1) is 18.5 Å². The van der Waals surface area contributed by atoms with Crippen molar-refractivity contribution >= 4 is 18.8 Å². The van der Waals surface area contributed by atoms with Gasteiger partial charge in [-0.05, 0) is 38.1 Å². The quantitative estimate of drug-likeness (QED) is 0.803. The van der Waals surface area contributed by atoms with Crippen LogP contribution in [-0.4, -0.2) is 26.2 Å². The van der Waals surface area contributed by atoms with Crippen LogP contribution in [0.3, 0.4) is 0 Å². The highest BCUT2D eigenvalue weighted by Crippen LogP contribution is 2.46. The molecule has 6 heteroatoms. The SMILES string of the molecule is CCOP(=O)(OCC)c1ccc(C(=O)NC)cc1. The second kappa shape index (κ2) is 6.69. The van der Waals surface area contributed by atoms with E-state index in [-0.39, 0.29) is 5.91 Å². The molecule has 0 bridgehead atoms. The Balaban J connectivity index is 3.01. The van der Waals surface area contributed by atoms with Crippen molar-refractivity contribution in [2.45, 2.75) is 13.8 Å². The summed E-state index contributed by atoms with van der Waals surface area (Å²) >= 11 is 0. The Morgan fingerprint density at radius 2 is 1.67 bits per heavy atom. The smallest absolute Gasteiger partial charge is 0.355 e. The minimum Gasteiger partial charge on any atom is -0.355 e. The maximum atomic E-state index is 12.4. The van der Waals surface area contributed by atoms with Crippen molar-refractivity contribution in [2.24, 2.45) is 0 Å². The first-order valence-corrected chi connectivity index (χ1v) is 7.33. The van der Waals surface area contributed by atoms with Crippen molar-refractivity contribution in [1.29, 1.82) is 0 Å². The van der Waals surface area contributed by atoms with Gasteiger partial charge in [-0.15, -0.1) is 0 Å². The highest BCUT2D eigenvalue weighted by Gasteiger charge is 2.26. The zero-order valence-corrected chi connectivity index (χ0v) is 11.7. The number of rotatable bonds is 6. The molecule has 0 saturated heterocycles. The number of nitrogens with one attached hydrogen (secondary N) is 1. The van der Waals surface area contributed by atoms with E-state index >= 15 is 0 Å². The molecule has 0 unspecified atom stereocenters. The molecular formula is C12H18NO4P. The molecule has 0 aliphatic heterocycles. The third-order valence-electron chi connectivity index (χ3n) is 2.27. The van der Waals surface area contributed by atoms with Crippen molar-refractivity contribution < 1.29 is 18.4 Å². The summed E-state index contributed by atoms with van der Waals surface area (Å²) in [7, 11) is -1.70. The zero-order chi connectivity index (χ0) is 13.6. The highest BCUT2D eigenvalue weighted by molar-refractivity contribution is 7.62. The number of carbonyl (C=O) groups is 1. The largest absolute Gasteiger partial charge is 0.361 e. The first kappa shape index (κ1) is 14.9. The molecule has 0 heterocycles. The van der Waals surface area contributed by atoms with E-state index in [4.69, 9.17) is 9.05 Å². The Labute approximate surface area is 107 Å². The lowest BCUT2D eigenvalue weighted by molar-refractivity contribution is 0.0963. The molecule has 0 aliphatic rings. The fourth-order valence-electron chi connectivity index (χ4n) is 1.47. The van der Waals surface area contributed by atoms with Crippen LogP contribution in [0.2, 0.25) is 0 Å². The first-order chi connectivity index (χ1) is 8.57. The summed E-state index contributed by atoms with van der Waals surface area (Å²) in [4.78, 5) is 11.4. The Bertz CT molecular complexity index is 434. The van der Waals surface area contributed by atoms with E-state index in [1.54, 1.807) is 45.2 Å². The van der Waals surface area contributed by atoms with Gasteiger partial charge < -0.3 is 14.4 Å². The minimum absolute atomic E-state index is 0.191. The van der Waals surface area contributed by atoms with Gasteiger partial charge in [0.15, 0.2) is 0 Å². The molecule has 1 aromatic rings. The second-order valence-electron chi connectivity index (χ2n) is 3.46. The monoisotopic (exact) mass is 271 g/mol. The lowest BCUT2D eigenvalue weighted by atomic mass is 10.2. The summed E-state index contributed by atoms with van der Waals surface area (Å²) < 4.78 is 22.9. The number of hydrogen-bond donors (Lipinski definition) is 1. The lowest BCUT2D eigenvalue weighted by Crippen LogP contribution is -2.19. The van der Waals surface area contributed by atoms with Crippen LogP contribution in [0.1, 0.15) is 24.2 Å². The number of carbonyl (C=O) groups excluding carboxylic acids is 1. The predicted octanol–water partition coefficient (Wildman–Crippen LogP) is 1.94. The van der Waals surface area contributed by atoms with Crippen LogP contribution in [0.25, 0.3) is 0 Å². The second-order valence-corrected chi connectivity index (χ2v) is 5.49. The van der Waals surface area contributed by atoms with Crippen LogP contribution < -0.4 is 10.6 Å². The molecule has 0 radical (unpaired) electrons. The predicted molar refractivity (Wildman–Crippen MR) is 70.3 cm³/mol. The number of hydrogen-bond acceptors (Lipinski definition) is 4. The zero-order valence-electron chi connectivity index (χ0n) is 10.8. The lowest BCUT2D eigenvalue weighted by Gasteiger charge is -2.17. The van der Waals surface area contributed by atoms with Crippen LogP contribution in [0, 0.1) is 0 Å². The van der Waals surface area contributed by atoms with E-state index in [9.17, 15) is 9.36 Å². The van der Waals surface area contributed by atoms with Gasteiger partial charge in [-0.1, -0.05) is 0 Å². The van der Waals surface area contributed by atoms with Gasteiger partial charge in [0.25, 0.3) is 5.91 Å². The fraction of sp³-hybridized carbons (Fsp3) is 0.417. The van der Waals surface area contributed by atoms with E-state index in [0.717, 1.165) is 0 Å². The molecular weight excluding hydrogens is 253 g/mol. The van der Waals surface area contributed by atoms with Crippen molar-refractivity contribution in [3.8, 4) is 0 Å². The summed E-state index contributed by atoms with van der Waals surface area (Å²) in [5.41, 5.74) is 0.501. The van der Waals surface area contributed by atoms with Crippen LogP contribution >= 0.6 is 7.60 Å². The summed E-state index contributed by atoms with van der Waals surface area (Å²) in [6.07, 6.45) is 0. The Morgan fingerprint density at radius 3 is 2.06 bits per heavy atom. The molecule has 0 spiro atoms. The van der Waals surface area contributed by atoms with Crippen LogP contribution in [0.4, 0.5) is 0 Å². The molecule has 1 rings (SSSR count). The topological polar surface area (TPSA) is 64.6 Å². The molecule has 18 heavy (non-hydrogen) atoms. The van der Waals surface area contributed by atoms with Crippen LogP contribution in [0.5, 0.6) is 0 Å². The number of benzene rings is 1. The van der Waals surface area contributed by atoms with Gasteiger partial charge in [-0.2, -0.15) is 0 Å². The molecule has 0 atom stereocenters. The average Bonchev–Trinajstić information content (AvgIpc) is 2.38. The summed E-state index contributed by atoms with van der Waals surface area (Å²) in [6, 6.07) is 6.38. The van der Waals surface area contributed by atoms with Crippen molar-refractivity contribution in [1.82, 2.24) is 5.32 Å². The highest BCUT2D eigenvalue weighted by atomic mass is 31.2. The third-order valence-corrected chi connectivity index (χ3v) is 4.40. The van der Waals surface area contributed by atoms with Crippen LogP contribution in [0.15, 0.2) is 24.3 Å². The maximum Gasteiger partial charge on any atom is 0.361 e. The summed E-state index contributed by atoms with van der Waals surface area (Å²) in [5.74, 6) is -0.191. The van der Waals surface area contributed by atoms with Crippen molar-refractivity contribution in [3.63, 3.8) is 0 Å². The molecule has 1 aromatic carbocycles. The normalized spacial score (nSPS) is 11.3. The molecule has 0 fully saturated rings. The van der Waals surface area contributed by atoms with E-state index < -0.39 is 7.60 Å². The molecule has 1 amide bonds. The van der Waals surface area contributed by atoms with Gasteiger partial charge in [0, 0.05) is 12.6 Å². The van der Waals surface area contributed by atoms with Gasteiger partial charge in [-0.25, -0.2) is 0 Å². The number of amides is 1.